The van der Waals surface area contributed by atoms with E-state index in [1.807, 2.05) is 0 Å². The third-order valence-corrected chi connectivity index (χ3v) is 3.96. The molecule has 0 aromatic carbocycles. The predicted octanol–water partition coefficient (Wildman–Crippen LogP) is 0.668. The van der Waals surface area contributed by atoms with Crippen LogP contribution in [-0.2, 0) is 19.2 Å². The standard InChI is InChI=1S/C10H6F6O8/c11-9(12,13)7(5(21)22)1(3(17)18)8(6(23)24,10(14,15)16)2(7)4(19)20/h1-2H,(H,17,18)(H,19,20)(H,21,22)(H,23,24). The number of hydrogen-bond donors (Lipinski definition) is 4. The maximum Gasteiger partial charge on any atom is 0.406 e. The van der Waals surface area contributed by atoms with Crippen molar-refractivity contribution in [3.8, 4) is 0 Å². The summed E-state index contributed by atoms with van der Waals surface area (Å²) < 4.78 is 78.9. The molecule has 1 fully saturated rings. The molecule has 0 saturated heterocycles. The lowest BCUT2D eigenvalue weighted by atomic mass is 9.37. The monoisotopic (exact) mass is 368 g/mol. The van der Waals surface area contributed by atoms with Crippen LogP contribution >= 0.6 is 0 Å². The molecule has 8 nitrogen and oxygen atoms in total. The molecule has 0 heterocycles. The predicted molar refractivity (Wildman–Crippen MR) is 54.5 cm³/mol. The third-order valence-electron chi connectivity index (χ3n) is 3.96. The largest absolute Gasteiger partial charge is 0.481 e. The average molecular weight is 368 g/mol. The van der Waals surface area contributed by atoms with Crippen molar-refractivity contribution in [1.82, 2.24) is 0 Å². The van der Waals surface area contributed by atoms with Gasteiger partial charge in [0.15, 0.2) is 10.8 Å². The van der Waals surface area contributed by atoms with Crippen molar-refractivity contribution in [2.75, 3.05) is 0 Å². The number of hydrogen-bond acceptors (Lipinski definition) is 4. The second-order valence-corrected chi connectivity index (χ2v) is 4.89. The van der Waals surface area contributed by atoms with Crippen molar-refractivity contribution in [3.05, 3.63) is 0 Å². The van der Waals surface area contributed by atoms with Gasteiger partial charge in [-0.1, -0.05) is 0 Å². The van der Waals surface area contributed by atoms with Crippen LogP contribution in [0.2, 0.25) is 0 Å². The summed E-state index contributed by atoms with van der Waals surface area (Å²) in [6, 6.07) is 0. The molecule has 24 heavy (non-hydrogen) atoms. The fraction of sp³-hybridized carbons (Fsp3) is 0.600. The lowest BCUT2D eigenvalue weighted by Gasteiger charge is -2.59. The van der Waals surface area contributed by atoms with E-state index in [0.717, 1.165) is 0 Å². The van der Waals surface area contributed by atoms with Crippen molar-refractivity contribution in [2.45, 2.75) is 12.4 Å². The van der Waals surface area contributed by atoms with Crippen molar-refractivity contribution >= 4 is 23.9 Å². The van der Waals surface area contributed by atoms with E-state index in [2.05, 4.69) is 0 Å². The van der Waals surface area contributed by atoms with E-state index in [0.29, 0.717) is 0 Å². The van der Waals surface area contributed by atoms with Crippen molar-refractivity contribution < 1.29 is 65.9 Å². The molecular weight excluding hydrogens is 362 g/mol. The molecule has 0 aromatic heterocycles. The van der Waals surface area contributed by atoms with Gasteiger partial charge >= 0.3 is 36.2 Å². The Hall–Kier alpha value is -2.54. The van der Waals surface area contributed by atoms with Crippen LogP contribution in [0.3, 0.4) is 0 Å². The van der Waals surface area contributed by atoms with Gasteiger partial charge in [0.2, 0.25) is 0 Å². The van der Waals surface area contributed by atoms with Crippen LogP contribution in [0.1, 0.15) is 0 Å². The van der Waals surface area contributed by atoms with Gasteiger partial charge < -0.3 is 20.4 Å². The van der Waals surface area contributed by atoms with Crippen LogP contribution in [0.25, 0.3) is 0 Å². The summed E-state index contributed by atoms with van der Waals surface area (Å²) in [5.41, 5.74) is -9.95. The first-order chi connectivity index (χ1) is 10.5. The summed E-state index contributed by atoms with van der Waals surface area (Å²) in [6.45, 7) is 0. The third kappa shape index (κ3) is 1.88. The van der Waals surface area contributed by atoms with E-state index >= 15 is 0 Å². The Balaban J connectivity index is 4.03. The fourth-order valence-electron chi connectivity index (χ4n) is 3.13. The number of carbonyl (C=O) groups is 4. The topological polar surface area (TPSA) is 149 Å². The number of halogens is 6. The van der Waals surface area contributed by atoms with E-state index in [-0.39, 0.29) is 0 Å². The van der Waals surface area contributed by atoms with Crippen LogP contribution in [-0.4, -0.2) is 56.7 Å². The Morgan fingerprint density at radius 1 is 0.625 bits per heavy atom. The summed E-state index contributed by atoms with van der Waals surface area (Å²) >= 11 is 0. The Bertz CT molecular complexity index is 558. The highest BCUT2D eigenvalue weighted by atomic mass is 19.4. The summed E-state index contributed by atoms with van der Waals surface area (Å²) in [6.07, 6.45) is -12.6. The summed E-state index contributed by atoms with van der Waals surface area (Å²) in [4.78, 5) is 43.9. The molecule has 0 amide bonds. The molecular formula is C10H6F6O8. The van der Waals surface area contributed by atoms with Gasteiger partial charge in [0.25, 0.3) is 0 Å². The minimum atomic E-state index is -6.30. The highest BCUT2D eigenvalue weighted by Crippen LogP contribution is 2.74. The first-order valence-electron chi connectivity index (χ1n) is 5.58. The van der Waals surface area contributed by atoms with Gasteiger partial charge in [-0.3, -0.25) is 19.2 Å². The van der Waals surface area contributed by atoms with E-state index in [1.165, 1.54) is 0 Å². The van der Waals surface area contributed by atoms with E-state index in [4.69, 9.17) is 20.4 Å². The zero-order valence-electron chi connectivity index (χ0n) is 10.8. The van der Waals surface area contributed by atoms with Gasteiger partial charge in [0.1, 0.15) is 11.8 Å². The normalized spacial score (nSPS) is 33.4. The van der Waals surface area contributed by atoms with E-state index < -0.39 is 58.9 Å². The zero-order chi connectivity index (χ0) is 19.5. The molecule has 0 aromatic rings. The van der Waals surface area contributed by atoms with Gasteiger partial charge in [-0.15, -0.1) is 0 Å². The summed E-state index contributed by atoms with van der Waals surface area (Å²) in [5, 5.41) is 34.9. The first kappa shape index (κ1) is 19.5. The smallest absolute Gasteiger partial charge is 0.406 e. The molecule has 136 valence electrons. The van der Waals surface area contributed by atoms with Gasteiger partial charge in [-0.05, 0) is 0 Å². The van der Waals surface area contributed by atoms with Crippen molar-refractivity contribution in [2.24, 2.45) is 22.7 Å². The van der Waals surface area contributed by atoms with Crippen molar-refractivity contribution in [3.63, 3.8) is 0 Å². The molecule has 1 aliphatic rings. The van der Waals surface area contributed by atoms with Crippen LogP contribution in [0, 0.1) is 22.7 Å². The van der Waals surface area contributed by atoms with Gasteiger partial charge in [0.05, 0.1) is 0 Å². The average Bonchev–Trinajstić information content (AvgIpc) is 2.20. The highest BCUT2D eigenvalue weighted by Gasteiger charge is 2.96. The zero-order valence-corrected chi connectivity index (χ0v) is 10.8. The molecule has 0 bridgehead atoms. The van der Waals surface area contributed by atoms with Crippen LogP contribution in [0.5, 0.6) is 0 Å². The summed E-state index contributed by atoms with van der Waals surface area (Å²) in [7, 11) is 0. The first-order valence-corrected chi connectivity index (χ1v) is 5.58. The van der Waals surface area contributed by atoms with Crippen molar-refractivity contribution in [1.29, 1.82) is 0 Å². The minimum absolute atomic E-state index is 3.06. The van der Waals surface area contributed by atoms with Crippen LogP contribution in [0.15, 0.2) is 0 Å². The number of alkyl halides is 6. The SMILES string of the molecule is O=C(O)C1C(C(=O)O)(C(F)(F)F)C(C(=O)O)C1(C(=O)O)C(F)(F)F. The molecule has 1 rings (SSSR count). The molecule has 14 heteroatoms. The van der Waals surface area contributed by atoms with E-state index in [1.54, 1.807) is 0 Å². The Morgan fingerprint density at radius 2 is 0.833 bits per heavy atom. The lowest BCUT2D eigenvalue weighted by Crippen LogP contribution is -2.82. The molecule has 0 radical (unpaired) electrons. The maximum atomic E-state index is 13.2. The fourth-order valence-corrected chi connectivity index (χ4v) is 3.13. The Kier molecular flexibility index (Phi) is 4.04. The molecule has 0 unspecified atom stereocenters. The van der Waals surface area contributed by atoms with E-state index in [9.17, 15) is 45.5 Å². The Labute approximate surface area is 126 Å². The number of carboxylic acids is 4. The molecule has 0 aliphatic heterocycles. The molecule has 0 spiro atoms. The molecule has 1 saturated carbocycles. The van der Waals surface area contributed by atoms with Gasteiger partial charge in [-0.25, -0.2) is 0 Å². The molecule has 1 aliphatic carbocycles. The minimum Gasteiger partial charge on any atom is -0.481 e. The quantitative estimate of drug-likeness (QED) is 0.529. The maximum absolute atomic E-state index is 13.2. The number of rotatable bonds is 4. The van der Waals surface area contributed by atoms with Gasteiger partial charge in [-0.2, -0.15) is 26.3 Å². The highest BCUT2D eigenvalue weighted by molar-refractivity contribution is 6.02. The lowest BCUT2D eigenvalue weighted by molar-refractivity contribution is -0.379. The summed E-state index contributed by atoms with van der Waals surface area (Å²) in [5.74, 6) is -20.9. The van der Waals surface area contributed by atoms with Crippen LogP contribution < -0.4 is 0 Å². The van der Waals surface area contributed by atoms with Gasteiger partial charge in [0, 0.05) is 0 Å². The second-order valence-electron chi connectivity index (χ2n) is 4.89. The molecule has 0 atom stereocenters. The number of carboxylic acid groups (broad SMARTS) is 4. The van der Waals surface area contributed by atoms with Crippen LogP contribution in [0.4, 0.5) is 26.3 Å². The Morgan fingerprint density at radius 3 is 0.917 bits per heavy atom. The number of aliphatic carboxylic acids is 4. The second kappa shape index (κ2) is 4.98. The molecule has 4 N–H and O–H groups in total.